The molecule has 3 nitrogen and oxygen atoms in total. The van der Waals surface area contributed by atoms with Gasteiger partial charge >= 0.3 is 0 Å². The van der Waals surface area contributed by atoms with Gasteiger partial charge in [-0.15, -0.1) is 0 Å². The maximum absolute atomic E-state index is 12.4. The standard InChI is InChI=1S/C16H14BrNO2/c17-11-10-15(19)18-14-9-5-4-8-13(14)16(20)12-6-2-1-3-7-12/h1-9H,10-11H2,(H,18,19). The Morgan fingerprint density at radius 1 is 0.950 bits per heavy atom. The summed E-state index contributed by atoms with van der Waals surface area (Å²) in [5.74, 6) is -0.212. The Balaban J connectivity index is 2.28. The van der Waals surface area contributed by atoms with E-state index in [1.54, 1.807) is 36.4 Å². The number of amides is 1. The van der Waals surface area contributed by atoms with Crippen LogP contribution in [0.3, 0.4) is 0 Å². The Labute approximate surface area is 126 Å². The molecule has 0 aliphatic rings. The van der Waals surface area contributed by atoms with Gasteiger partial charge in [-0.1, -0.05) is 58.4 Å². The number of hydrogen-bond donors (Lipinski definition) is 1. The van der Waals surface area contributed by atoms with Crippen molar-refractivity contribution in [1.82, 2.24) is 0 Å². The number of rotatable bonds is 5. The molecule has 0 aliphatic heterocycles. The maximum Gasteiger partial charge on any atom is 0.225 e. The van der Waals surface area contributed by atoms with Gasteiger partial charge in [0.15, 0.2) is 5.78 Å². The fourth-order valence-corrected chi connectivity index (χ4v) is 2.19. The second kappa shape index (κ2) is 7.01. The maximum atomic E-state index is 12.4. The molecule has 0 unspecified atom stereocenters. The van der Waals surface area contributed by atoms with Crippen molar-refractivity contribution in [2.75, 3.05) is 10.6 Å². The topological polar surface area (TPSA) is 46.2 Å². The van der Waals surface area contributed by atoms with Crippen LogP contribution in [0.1, 0.15) is 22.3 Å². The van der Waals surface area contributed by atoms with Crippen molar-refractivity contribution in [3.05, 3.63) is 65.7 Å². The van der Waals surface area contributed by atoms with Gasteiger partial charge < -0.3 is 5.32 Å². The minimum atomic E-state index is -0.116. The zero-order valence-electron chi connectivity index (χ0n) is 10.8. The molecule has 102 valence electrons. The molecule has 1 amide bonds. The molecule has 0 radical (unpaired) electrons. The molecule has 0 aliphatic carbocycles. The number of hydrogen-bond acceptors (Lipinski definition) is 2. The molecule has 2 aromatic carbocycles. The number of halogens is 1. The average molecular weight is 332 g/mol. The summed E-state index contributed by atoms with van der Waals surface area (Å²) < 4.78 is 0. The first kappa shape index (κ1) is 14.5. The van der Waals surface area contributed by atoms with Crippen molar-refractivity contribution in [3.63, 3.8) is 0 Å². The normalized spacial score (nSPS) is 10.1. The number of para-hydroxylation sites is 1. The molecule has 0 atom stereocenters. The Morgan fingerprint density at radius 3 is 2.30 bits per heavy atom. The van der Waals surface area contributed by atoms with Gasteiger partial charge in [-0.2, -0.15) is 0 Å². The highest BCUT2D eigenvalue weighted by atomic mass is 79.9. The van der Waals surface area contributed by atoms with Gasteiger partial charge in [0.2, 0.25) is 5.91 Å². The Hall–Kier alpha value is -1.94. The largest absolute Gasteiger partial charge is 0.325 e. The predicted molar refractivity (Wildman–Crippen MR) is 83.4 cm³/mol. The monoisotopic (exact) mass is 331 g/mol. The van der Waals surface area contributed by atoms with Gasteiger partial charge in [0.25, 0.3) is 0 Å². The Morgan fingerprint density at radius 2 is 1.60 bits per heavy atom. The number of nitrogens with one attached hydrogen (secondary N) is 1. The third-order valence-corrected chi connectivity index (χ3v) is 3.20. The smallest absolute Gasteiger partial charge is 0.225 e. The summed E-state index contributed by atoms with van der Waals surface area (Å²) in [7, 11) is 0. The van der Waals surface area contributed by atoms with E-state index in [-0.39, 0.29) is 11.7 Å². The SMILES string of the molecule is O=C(CCBr)Nc1ccccc1C(=O)c1ccccc1. The average Bonchev–Trinajstić information content (AvgIpc) is 2.48. The number of benzene rings is 2. The first-order chi connectivity index (χ1) is 9.72. The Kier molecular flexibility index (Phi) is 5.07. The van der Waals surface area contributed by atoms with Crippen LogP contribution < -0.4 is 5.32 Å². The highest BCUT2D eigenvalue weighted by molar-refractivity contribution is 9.09. The fourth-order valence-electron chi connectivity index (χ4n) is 1.83. The van der Waals surface area contributed by atoms with E-state index in [1.165, 1.54) is 0 Å². The van der Waals surface area contributed by atoms with E-state index in [4.69, 9.17) is 0 Å². The molecule has 0 fully saturated rings. The summed E-state index contributed by atoms with van der Waals surface area (Å²) in [6.45, 7) is 0. The van der Waals surface area contributed by atoms with Crippen LogP contribution in [0.4, 0.5) is 5.69 Å². The van der Waals surface area contributed by atoms with Gasteiger partial charge in [-0.25, -0.2) is 0 Å². The summed E-state index contributed by atoms with van der Waals surface area (Å²) in [6, 6.07) is 16.1. The summed E-state index contributed by atoms with van der Waals surface area (Å²) in [5.41, 5.74) is 1.66. The van der Waals surface area contributed by atoms with Gasteiger partial charge in [0, 0.05) is 22.9 Å². The first-order valence-electron chi connectivity index (χ1n) is 6.27. The van der Waals surface area contributed by atoms with E-state index >= 15 is 0 Å². The fraction of sp³-hybridized carbons (Fsp3) is 0.125. The van der Waals surface area contributed by atoms with Crippen LogP contribution in [-0.2, 0) is 4.79 Å². The van der Waals surface area contributed by atoms with Crippen LogP contribution in [0.25, 0.3) is 0 Å². The zero-order chi connectivity index (χ0) is 14.4. The van der Waals surface area contributed by atoms with Crippen molar-refractivity contribution in [3.8, 4) is 0 Å². The minimum Gasteiger partial charge on any atom is -0.325 e. The van der Waals surface area contributed by atoms with Gasteiger partial charge in [0.1, 0.15) is 0 Å². The molecule has 0 bridgehead atoms. The van der Waals surface area contributed by atoms with E-state index in [9.17, 15) is 9.59 Å². The molecule has 0 saturated carbocycles. The molecule has 2 rings (SSSR count). The lowest BCUT2D eigenvalue weighted by atomic mass is 10.0. The first-order valence-corrected chi connectivity index (χ1v) is 7.39. The summed E-state index contributed by atoms with van der Waals surface area (Å²) in [5, 5.41) is 3.36. The lowest BCUT2D eigenvalue weighted by Gasteiger charge is -2.10. The molecule has 4 heteroatoms. The van der Waals surface area contributed by atoms with Gasteiger partial charge in [0.05, 0.1) is 5.69 Å². The highest BCUT2D eigenvalue weighted by Crippen LogP contribution is 2.19. The van der Waals surface area contributed by atoms with Crippen molar-refractivity contribution in [2.45, 2.75) is 6.42 Å². The van der Waals surface area contributed by atoms with Gasteiger partial charge in [-0.05, 0) is 12.1 Å². The quantitative estimate of drug-likeness (QED) is 0.671. The summed E-state index contributed by atoms with van der Waals surface area (Å²) >= 11 is 3.22. The van der Waals surface area contributed by atoms with Crippen LogP contribution >= 0.6 is 15.9 Å². The Bertz CT molecular complexity index is 611. The number of ketones is 1. The number of anilines is 1. The number of alkyl halides is 1. The molecule has 1 N–H and O–H groups in total. The summed E-state index contributed by atoms with van der Waals surface area (Å²) in [4.78, 5) is 24.1. The lowest BCUT2D eigenvalue weighted by molar-refractivity contribution is -0.115. The zero-order valence-corrected chi connectivity index (χ0v) is 12.4. The molecular formula is C16H14BrNO2. The second-order valence-electron chi connectivity index (χ2n) is 4.23. The third-order valence-electron chi connectivity index (χ3n) is 2.80. The molecule has 2 aromatic rings. The number of carbonyl (C=O) groups is 2. The van der Waals surface area contributed by atoms with E-state index in [2.05, 4.69) is 21.2 Å². The molecule has 0 aromatic heterocycles. The van der Waals surface area contributed by atoms with Crippen molar-refractivity contribution in [1.29, 1.82) is 0 Å². The second-order valence-corrected chi connectivity index (χ2v) is 5.02. The van der Waals surface area contributed by atoms with E-state index in [0.29, 0.717) is 28.6 Å². The van der Waals surface area contributed by atoms with Crippen molar-refractivity contribution in [2.24, 2.45) is 0 Å². The molecule has 0 saturated heterocycles. The van der Waals surface area contributed by atoms with E-state index in [1.807, 2.05) is 18.2 Å². The van der Waals surface area contributed by atoms with Crippen LogP contribution in [-0.4, -0.2) is 17.0 Å². The van der Waals surface area contributed by atoms with Crippen molar-refractivity contribution >= 4 is 33.3 Å². The minimum absolute atomic E-state index is 0.0969. The molecule has 0 heterocycles. The van der Waals surface area contributed by atoms with Crippen LogP contribution in [0, 0.1) is 0 Å². The van der Waals surface area contributed by atoms with Gasteiger partial charge in [-0.3, -0.25) is 9.59 Å². The molecule has 0 spiro atoms. The van der Waals surface area contributed by atoms with Crippen LogP contribution in [0.15, 0.2) is 54.6 Å². The molecule has 20 heavy (non-hydrogen) atoms. The predicted octanol–water partition coefficient (Wildman–Crippen LogP) is 3.64. The molecular weight excluding hydrogens is 318 g/mol. The number of carbonyl (C=O) groups excluding carboxylic acids is 2. The summed E-state index contributed by atoms with van der Waals surface area (Å²) in [6.07, 6.45) is 0.369. The van der Waals surface area contributed by atoms with Crippen molar-refractivity contribution < 1.29 is 9.59 Å². The third kappa shape index (κ3) is 3.54. The lowest BCUT2D eigenvalue weighted by Crippen LogP contribution is -2.15. The van der Waals surface area contributed by atoms with E-state index < -0.39 is 0 Å². The van der Waals surface area contributed by atoms with E-state index in [0.717, 1.165) is 0 Å². The van der Waals surface area contributed by atoms with Crippen LogP contribution in [0.2, 0.25) is 0 Å². The highest BCUT2D eigenvalue weighted by Gasteiger charge is 2.14. The van der Waals surface area contributed by atoms with Crippen LogP contribution in [0.5, 0.6) is 0 Å².